The van der Waals surface area contributed by atoms with Crippen LogP contribution in [-0.2, 0) is 12.3 Å². The fourth-order valence-electron chi connectivity index (χ4n) is 3.73. The Morgan fingerprint density at radius 2 is 1.97 bits per heavy atom. The molecule has 164 valence electrons. The van der Waals surface area contributed by atoms with Gasteiger partial charge in [-0.05, 0) is 38.2 Å². The van der Waals surface area contributed by atoms with Gasteiger partial charge in [0.05, 0.1) is 30.9 Å². The Morgan fingerprint density at radius 1 is 1.16 bits per heavy atom. The number of nitrogens with zero attached hydrogens (tertiary/aromatic N) is 3. The third kappa shape index (κ3) is 4.68. The lowest BCUT2D eigenvalue weighted by atomic mass is 9.97. The van der Waals surface area contributed by atoms with Crippen LogP contribution in [0.15, 0.2) is 38.5 Å². The van der Waals surface area contributed by atoms with Crippen LogP contribution in [0.3, 0.4) is 0 Å². The molecule has 1 aromatic carbocycles. The quantitative estimate of drug-likeness (QED) is 0.312. The Morgan fingerprint density at radius 3 is 2.65 bits per heavy atom. The lowest BCUT2D eigenvalue weighted by Crippen LogP contribution is -2.24. The van der Waals surface area contributed by atoms with E-state index in [1.807, 2.05) is 0 Å². The van der Waals surface area contributed by atoms with E-state index < -0.39 is 0 Å². The molecular weight excluding hydrogens is 418 g/mol. The maximum absolute atomic E-state index is 13.4. The van der Waals surface area contributed by atoms with Crippen molar-refractivity contribution in [3.63, 3.8) is 0 Å². The molecule has 0 unspecified atom stereocenters. The van der Waals surface area contributed by atoms with Gasteiger partial charge in [-0.1, -0.05) is 23.4 Å². The zero-order chi connectivity index (χ0) is 21.8. The largest absolute Gasteiger partial charge is 0.493 e. The van der Waals surface area contributed by atoms with E-state index in [0.717, 1.165) is 19.3 Å². The van der Waals surface area contributed by atoms with Crippen LogP contribution in [0.5, 0.6) is 11.5 Å². The van der Waals surface area contributed by atoms with E-state index in [9.17, 15) is 9.59 Å². The van der Waals surface area contributed by atoms with Crippen LogP contribution < -0.4 is 20.7 Å². The van der Waals surface area contributed by atoms with Crippen LogP contribution in [-0.4, -0.2) is 39.0 Å². The lowest BCUT2D eigenvalue weighted by Gasteiger charge is -2.17. The van der Waals surface area contributed by atoms with Crippen LogP contribution in [0.2, 0.25) is 0 Å². The maximum Gasteiger partial charge on any atom is 0.340 e. The van der Waals surface area contributed by atoms with Crippen molar-refractivity contribution in [3.8, 4) is 11.5 Å². The van der Waals surface area contributed by atoms with Crippen LogP contribution >= 0.6 is 11.8 Å². The minimum Gasteiger partial charge on any atom is -0.493 e. The van der Waals surface area contributed by atoms with Crippen molar-refractivity contribution in [1.29, 1.82) is 0 Å². The second-order valence-electron chi connectivity index (χ2n) is 7.35. The van der Waals surface area contributed by atoms with Crippen LogP contribution in [0.1, 0.15) is 37.9 Å². The van der Waals surface area contributed by atoms with Crippen molar-refractivity contribution in [2.24, 2.45) is 0 Å². The van der Waals surface area contributed by atoms with E-state index in [4.69, 9.17) is 14.5 Å². The van der Waals surface area contributed by atoms with Crippen LogP contribution in [0, 0.1) is 0 Å². The molecule has 0 atom stereocenters. The Labute approximate surface area is 182 Å². The molecule has 1 aliphatic carbocycles. The molecule has 1 aliphatic rings. The first kappa shape index (κ1) is 21.2. The van der Waals surface area contributed by atoms with Gasteiger partial charge in [-0.15, -0.1) is 0 Å². The van der Waals surface area contributed by atoms with Gasteiger partial charge in [0.25, 0.3) is 5.56 Å². The number of aromatic amines is 2. The second-order valence-corrected chi connectivity index (χ2v) is 8.29. The molecule has 10 heteroatoms. The topological polar surface area (TPSA) is 115 Å². The van der Waals surface area contributed by atoms with E-state index in [1.54, 1.807) is 30.9 Å². The van der Waals surface area contributed by atoms with E-state index in [2.05, 4.69) is 21.3 Å². The van der Waals surface area contributed by atoms with Crippen molar-refractivity contribution >= 4 is 22.7 Å². The molecule has 0 aliphatic heterocycles. The average molecular weight is 444 g/mol. The number of rotatable bonds is 8. The summed E-state index contributed by atoms with van der Waals surface area (Å²) in [6.45, 7) is 0.543. The standard InChI is InChI=1S/C21H25N5O4S/c1-29-16-10-14-15(11-17(16)30-2)22-21(31-12-18-23-20(28)25-24-18)26(19(14)27)9-8-13-6-4-3-5-7-13/h6,10-11H,3-5,7-9,12H2,1-2H3,(H2,23,24,25,28). The minimum absolute atomic E-state index is 0.125. The molecular formula is C21H25N5O4S. The fraction of sp³-hybridized carbons (Fsp3) is 0.429. The number of hydrogen-bond donors (Lipinski definition) is 2. The Bertz CT molecular complexity index is 1230. The summed E-state index contributed by atoms with van der Waals surface area (Å²) in [7, 11) is 3.09. The van der Waals surface area contributed by atoms with Gasteiger partial charge in [0.2, 0.25) is 0 Å². The van der Waals surface area contributed by atoms with E-state index in [1.165, 1.54) is 30.2 Å². The highest BCUT2D eigenvalue weighted by Gasteiger charge is 2.17. The molecule has 0 bridgehead atoms. The maximum atomic E-state index is 13.4. The van der Waals surface area contributed by atoms with Crippen molar-refractivity contribution < 1.29 is 9.47 Å². The summed E-state index contributed by atoms with van der Waals surface area (Å²) in [5.41, 5.74) is 1.44. The molecule has 0 spiro atoms. The SMILES string of the molecule is COc1cc2nc(SCc3n[nH]c(=O)[nH]3)n(CCC3=CCCCC3)c(=O)c2cc1OC. The van der Waals surface area contributed by atoms with E-state index in [-0.39, 0.29) is 11.2 Å². The van der Waals surface area contributed by atoms with Gasteiger partial charge in [0.15, 0.2) is 16.7 Å². The summed E-state index contributed by atoms with van der Waals surface area (Å²) in [6, 6.07) is 3.39. The van der Waals surface area contributed by atoms with Gasteiger partial charge in [-0.2, -0.15) is 5.10 Å². The van der Waals surface area contributed by atoms with Crippen molar-refractivity contribution in [1.82, 2.24) is 24.7 Å². The van der Waals surface area contributed by atoms with Gasteiger partial charge in [0, 0.05) is 12.6 Å². The smallest absolute Gasteiger partial charge is 0.340 e. The zero-order valence-corrected chi connectivity index (χ0v) is 18.4. The molecule has 0 amide bonds. The van der Waals surface area contributed by atoms with Gasteiger partial charge in [-0.25, -0.2) is 14.9 Å². The first-order valence-corrected chi connectivity index (χ1v) is 11.2. The Hall–Kier alpha value is -3.01. The number of benzene rings is 1. The van der Waals surface area contributed by atoms with Gasteiger partial charge in [0.1, 0.15) is 5.82 Å². The number of allylic oxidation sites excluding steroid dienone is 2. The Kier molecular flexibility index (Phi) is 6.45. The third-order valence-corrected chi connectivity index (χ3v) is 6.34. The molecule has 4 rings (SSSR count). The number of H-pyrrole nitrogens is 2. The van der Waals surface area contributed by atoms with Crippen LogP contribution in [0.4, 0.5) is 0 Å². The molecule has 31 heavy (non-hydrogen) atoms. The molecule has 2 N–H and O–H groups in total. The van der Waals surface area contributed by atoms with Gasteiger partial charge >= 0.3 is 5.69 Å². The van der Waals surface area contributed by atoms with Crippen molar-refractivity contribution in [3.05, 3.63) is 50.4 Å². The summed E-state index contributed by atoms with van der Waals surface area (Å²) in [5.74, 6) is 1.88. The molecule has 2 aromatic heterocycles. The Balaban J connectivity index is 1.73. The summed E-state index contributed by atoms with van der Waals surface area (Å²) < 4.78 is 12.5. The number of aromatic nitrogens is 5. The summed E-state index contributed by atoms with van der Waals surface area (Å²) in [5, 5.41) is 7.35. The number of hydrogen-bond acceptors (Lipinski definition) is 7. The molecule has 0 saturated heterocycles. The van der Waals surface area contributed by atoms with Crippen molar-refractivity contribution in [2.45, 2.75) is 49.6 Å². The first-order valence-electron chi connectivity index (χ1n) is 10.2. The number of fused-ring (bicyclic) bond motifs is 1. The summed E-state index contributed by atoms with van der Waals surface area (Å²) >= 11 is 1.36. The van der Waals surface area contributed by atoms with E-state index in [0.29, 0.717) is 45.7 Å². The predicted octanol–water partition coefficient (Wildman–Crippen LogP) is 3.01. The average Bonchev–Trinajstić information content (AvgIpc) is 3.22. The molecule has 0 saturated carbocycles. The normalized spacial score (nSPS) is 13.9. The highest BCUT2D eigenvalue weighted by atomic mass is 32.2. The second kappa shape index (κ2) is 9.42. The molecule has 2 heterocycles. The number of nitrogens with one attached hydrogen (secondary N) is 2. The minimum atomic E-state index is -0.361. The fourth-order valence-corrected chi connectivity index (χ4v) is 4.62. The first-order chi connectivity index (χ1) is 15.1. The summed E-state index contributed by atoms with van der Waals surface area (Å²) in [4.78, 5) is 32.1. The molecule has 0 fully saturated rings. The van der Waals surface area contributed by atoms with Crippen LogP contribution in [0.25, 0.3) is 10.9 Å². The van der Waals surface area contributed by atoms with Gasteiger partial charge in [-0.3, -0.25) is 14.3 Å². The highest BCUT2D eigenvalue weighted by molar-refractivity contribution is 7.98. The zero-order valence-electron chi connectivity index (χ0n) is 17.6. The highest BCUT2D eigenvalue weighted by Crippen LogP contribution is 2.31. The van der Waals surface area contributed by atoms with Gasteiger partial charge < -0.3 is 9.47 Å². The van der Waals surface area contributed by atoms with Crippen molar-refractivity contribution in [2.75, 3.05) is 14.2 Å². The molecule has 0 radical (unpaired) electrons. The van der Waals surface area contributed by atoms with E-state index >= 15 is 0 Å². The number of ether oxygens (including phenoxy) is 2. The number of thioether (sulfide) groups is 1. The summed E-state index contributed by atoms with van der Waals surface area (Å²) in [6.07, 6.45) is 7.71. The molecule has 9 nitrogen and oxygen atoms in total. The monoisotopic (exact) mass is 443 g/mol. The number of methoxy groups -OCH3 is 2. The lowest BCUT2D eigenvalue weighted by molar-refractivity contribution is 0.355. The third-order valence-electron chi connectivity index (χ3n) is 5.35. The molecule has 3 aromatic rings. The predicted molar refractivity (Wildman–Crippen MR) is 119 cm³/mol.